The molecule has 3 fully saturated rings. The van der Waals surface area contributed by atoms with Gasteiger partial charge in [0.05, 0.1) is 35.6 Å². The number of aliphatic hydroxyl groups is 2. The molecule has 296 valence electrons. The van der Waals surface area contributed by atoms with E-state index in [0.29, 0.717) is 5.56 Å². The number of carbonyl (C=O) groups excluding carboxylic acids is 5. The molecule has 0 amide bonds. The molecule has 1 saturated heterocycles. The monoisotopic (exact) mass is 781 g/mol. The van der Waals surface area contributed by atoms with Crippen LogP contribution in [0.3, 0.4) is 0 Å². The average Bonchev–Trinajstić information content (AvgIpc) is 3.13. The van der Waals surface area contributed by atoms with Crippen molar-refractivity contribution < 1.29 is 62.4 Å². The maximum Gasteiger partial charge on any atom is 0.338 e. The molecule has 4 aliphatic rings. The lowest BCUT2D eigenvalue weighted by molar-refractivity contribution is -0.346. The van der Waals surface area contributed by atoms with Crippen LogP contribution in [0.4, 0.5) is 0 Å². The summed E-state index contributed by atoms with van der Waals surface area (Å²) in [7, 11) is 2.02. The van der Waals surface area contributed by atoms with E-state index in [1.807, 2.05) is 9.47 Å². The number of hydrogen-bond acceptors (Lipinski definition) is 14. The largest absolute Gasteiger partial charge is 0.456 e. The third kappa shape index (κ3) is 6.50. The second kappa shape index (κ2) is 14.8. The minimum absolute atomic E-state index is 0.0797. The van der Waals surface area contributed by atoms with Gasteiger partial charge in [0.2, 0.25) is 0 Å². The van der Waals surface area contributed by atoms with Crippen molar-refractivity contribution in [1.29, 1.82) is 0 Å². The van der Waals surface area contributed by atoms with Crippen LogP contribution < -0.4 is 5.73 Å². The van der Waals surface area contributed by atoms with Gasteiger partial charge in [0.25, 0.3) is 0 Å². The molecule has 1 unspecified atom stereocenters. The Hall–Kier alpha value is -4.04. The number of ketones is 1. The Morgan fingerprint density at radius 1 is 0.945 bits per heavy atom. The Morgan fingerprint density at radius 2 is 1.56 bits per heavy atom. The van der Waals surface area contributed by atoms with Crippen LogP contribution in [0.15, 0.2) is 71.8 Å². The normalized spacial score (nSPS) is 34.6. The number of fused-ring (bicyclic) bond motifs is 5. The summed E-state index contributed by atoms with van der Waals surface area (Å²) in [6.45, 7) is 8.25. The zero-order chi connectivity index (χ0) is 40.2. The Bertz CT molecular complexity index is 1890. The highest BCUT2D eigenvalue weighted by Gasteiger charge is 2.78. The molecule has 2 saturated carbocycles. The summed E-state index contributed by atoms with van der Waals surface area (Å²) in [5.74, 6) is -5.68. The number of benzene rings is 2. The van der Waals surface area contributed by atoms with Gasteiger partial charge in [-0.2, -0.15) is 0 Å². The molecule has 14 nitrogen and oxygen atoms in total. The van der Waals surface area contributed by atoms with E-state index >= 15 is 4.79 Å². The van der Waals surface area contributed by atoms with Crippen molar-refractivity contribution in [2.45, 2.75) is 108 Å². The molecule has 15 heteroatoms. The van der Waals surface area contributed by atoms with E-state index in [1.165, 1.54) is 26.0 Å². The molecule has 1 aliphatic heterocycles. The minimum Gasteiger partial charge on any atom is -0.456 e. The summed E-state index contributed by atoms with van der Waals surface area (Å²) in [5.41, 5.74) is -0.0486. The van der Waals surface area contributed by atoms with Crippen molar-refractivity contribution in [3.8, 4) is 0 Å². The average molecular weight is 782 g/mol. The van der Waals surface area contributed by atoms with Gasteiger partial charge in [-0.1, -0.05) is 62.4 Å². The Kier molecular flexibility index (Phi) is 10.9. The number of ether oxygens (including phenoxy) is 5. The molecule has 2 bridgehead atoms. The first-order valence-corrected chi connectivity index (χ1v) is 18.6. The van der Waals surface area contributed by atoms with E-state index in [-0.39, 0.29) is 29.7 Å². The van der Waals surface area contributed by atoms with Gasteiger partial charge in [0, 0.05) is 41.6 Å². The Labute approximate surface area is 321 Å². The highest BCUT2D eigenvalue weighted by atomic mass is 31.0. The third-order valence-corrected chi connectivity index (χ3v) is 12.6. The first-order chi connectivity index (χ1) is 25.8. The molecule has 2 aromatic rings. The number of carbonyl (C=O) groups is 5. The van der Waals surface area contributed by atoms with E-state index in [2.05, 4.69) is 0 Å². The molecular weight excluding hydrogens is 733 g/mol. The number of rotatable bonds is 9. The van der Waals surface area contributed by atoms with E-state index in [1.54, 1.807) is 69.3 Å². The zero-order valence-corrected chi connectivity index (χ0v) is 32.7. The molecule has 55 heavy (non-hydrogen) atoms. The second-order valence-corrected chi connectivity index (χ2v) is 15.9. The summed E-state index contributed by atoms with van der Waals surface area (Å²) < 4.78 is 35.7. The van der Waals surface area contributed by atoms with Crippen molar-refractivity contribution in [3.05, 3.63) is 82.9 Å². The van der Waals surface area contributed by atoms with Crippen molar-refractivity contribution in [2.75, 3.05) is 6.61 Å². The van der Waals surface area contributed by atoms with Gasteiger partial charge in [-0.3, -0.25) is 14.4 Å². The number of Topliss-reactive ketones (excluding diaryl/α,β-unsaturated/α-hetero) is 1. The molecule has 2 aromatic carbocycles. The number of aliphatic hydroxyl groups excluding tert-OH is 1. The van der Waals surface area contributed by atoms with Crippen LogP contribution in [0, 0.1) is 16.7 Å². The number of esters is 4. The number of nitrogens with two attached hydrogens (primary N) is 1. The molecule has 4 N–H and O–H groups in total. The second-order valence-electron chi connectivity index (χ2n) is 15.7. The molecule has 3 aliphatic carbocycles. The first kappa shape index (κ1) is 40.6. The standard InChI is InChI=1S/C40H48NO13P/c1-20-25(51-36(47)31(54-55)29(41)23-13-9-7-10-14-23)18-40(48)34(52-35(46)24-15-11-8-12-16-24)32-38(6,26(44)17-27-39(32,19-49-27)53-22(3)43)33(45)30(50-21(2)42)28(20)37(40,4)5/h7-16,25-27,29-32,34,44,48H,17-19,41,55H2,1-6H3/t25-,26-,27+,29-,30+,31+,32-,34-,38+,39-,40+/m0/s1. The van der Waals surface area contributed by atoms with E-state index in [0.717, 1.165) is 6.92 Å². The fourth-order valence-electron chi connectivity index (χ4n) is 9.36. The maximum absolute atomic E-state index is 15.4. The van der Waals surface area contributed by atoms with Crippen LogP contribution in [-0.2, 0) is 47.4 Å². The van der Waals surface area contributed by atoms with Gasteiger partial charge in [-0.15, -0.1) is 0 Å². The van der Waals surface area contributed by atoms with Crippen molar-refractivity contribution in [1.82, 2.24) is 0 Å². The van der Waals surface area contributed by atoms with Gasteiger partial charge < -0.3 is 44.2 Å². The predicted octanol–water partition coefficient (Wildman–Crippen LogP) is 3.08. The topological polar surface area (TPSA) is 207 Å². The zero-order valence-electron chi connectivity index (χ0n) is 31.6. The fraction of sp³-hybridized carbons (Fsp3) is 0.525. The minimum atomic E-state index is -2.29. The molecule has 1 heterocycles. The molecule has 0 spiro atoms. The summed E-state index contributed by atoms with van der Waals surface area (Å²) in [6.07, 6.45) is -9.25. The highest BCUT2D eigenvalue weighted by molar-refractivity contribution is 7.09. The predicted molar refractivity (Wildman–Crippen MR) is 197 cm³/mol. The molecule has 6 rings (SSSR count). The van der Waals surface area contributed by atoms with Crippen molar-refractivity contribution in [2.24, 2.45) is 22.5 Å². The summed E-state index contributed by atoms with van der Waals surface area (Å²) >= 11 is 0. The summed E-state index contributed by atoms with van der Waals surface area (Å²) in [4.78, 5) is 69.3. The number of hydrogen-bond donors (Lipinski definition) is 3. The Morgan fingerprint density at radius 3 is 2.11 bits per heavy atom. The molecule has 0 aromatic heterocycles. The van der Waals surface area contributed by atoms with Gasteiger partial charge >= 0.3 is 23.9 Å². The van der Waals surface area contributed by atoms with Crippen LogP contribution in [-0.4, -0.2) is 94.3 Å². The van der Waals surface area contributed by atoms with E-state index in [9.17, 15) is 29.4 Å². The van der Waals surface area contributed by atoms with Crippen LogP contribution in [0.5, 0.6) is 0 Å². The van der Waals surface area contributed by atoms with Gasteiger partial charge in [-0.25, -0.2) is 9.59 Å². The smallest absolute Gasteiger partial charge is 0.338 e. The van der Waals surface area contributed by atoms with Crippen LogP contribution in [0.2, 0.25) is 0 Å². The van der Waals surface area contributed by atoms with Crippen molar-refractivity contribution >= 4 is 39.1 Å². The lowest BCUT2D eigenvalue weighted by atomic mass is 9.44. The lowest BCUT2D eigenvalue weighted by Crippen LogP contribution is -2.82. The SMILES string of the molecule is CC(=O)O[C@H]1C(=O)[C@@]2(C)[C@H]([C@H](OC(=O)c3ccccc3)[C@]3(O)C[C@H](OC(=O)[C@H](OP)[C@@H](N)c4ccccc4)C(C)=C1C3(C)C)[C@]1(OC(C)=O)CO[C@@H]1C[C@@H]2O. The van der Waals surface area contributed by atoms with Crippen LogP contribution >= 0.6 is 9.47 Å². The summed E-state index contributed by atoms with van der Waals surface area (Å²) in [6, 6.07) is 15.7. The molecular formula is C40H48NO13P. The molecule has 0 radical (unpaired) electrons. The van der Waals surface area contributed by atoms with Gasteiger partial charge in [0.15, 0.2) is 23.6 Å². The van der Waals surface area contributed by atoms with Crippen LogP contribution in [0.25, 0.3) is 0 Å². The van der Waals surface area contributed by atoms with Crippen LogP contribution in [0.1, 0.15) is 76.3 Å². The lowest BCUT2D eigenvalue weighted by Gasteiger charge is -2.67. The fourth-order valence-corrected chi connectivity index (χ4v) is 9.64. The van der Waals surface area contributed by atoms with E-state index < -0.39 is 107 Å². The van der Waals surface area contributed by atoms with Gasteiger partial charge in [0.1, 0.15) is 23.9 Å². The highest BCUT2D eigenvalue weighted by Crippen LogP contribution is 2.64. The molecule has 12 atom stereocenters. The quantitative estimate of drug-likeness (QED) is 0.145. The first-order valence-electron chi connectivity index (χ1n) is 18.1. The maximum atomic E-state index is 15.4. The van der Waals surface area contributed by atoms with Gasteiger partial charge in [-0.05, 0) is 42.7 Å². The van der Waals surface area contributed by atoms with E-state index in [4.69, 9.17) is 33.9 Å². The summed E-state index contributed by atoms with van der Waals surface area (Å²) in [5, 5.41) is 25.5. The Balaban J connectivity index is 1.58. The van der Waals surface area contributed by atoms with Crippen molar-refractivity contribution in [3.63, 3.8) is 0 Å². The third-order valence-electron chi connectivity index (χ3n) is 12.3.